The van der Waals surface area contributed by atoms with Crippen LogP contribution in [0.2, 0.25) is 0 Å². The van der Waals surface area contributed by atoms with Crippen molar-refractivity contribution in [1.82, 2.24) is 10.2 Å². The lowest BCUT2D eigenvalue weighted by molar-refractivity contribution is -0.152. The standard InChI is InChI=1S/C22H36N2O5/c1-20(2,3)29-19(28)23-16(22(6)10-8-7-9-11-22)17(25)24-12-13-14(21(13,4)5)15(24)18(26)27/h13-16H,7-12H2,1-6H3,(H,23,28)(H,26,27)/t13-,14-,15-,16+/m0/s1. The first-order valence-electron chi connectivity index (χ1n) is 10.8. The number of nitrogens with one attached hydrogen (secondary N) is 1. The molecule has 0 radical (unpaired) electrons. The number of carbonyl (C=O) groups is 3. The lowest BCUT2D eigenvalue weighted by Gasteiger charge is -2.42. The summed E-state index contributed by atoms with van der Waals surface area (Å²) in [6.07, 6.45) is 4.13. The number of hydrogen-bond donors (Lipinski definition) is 2. The first-order chi connectivity index (χ1) is 13.3. The number of aliphatic carboxylic acids is 1. The number of fused-ring (bicyclic) bond motifs is 1. The highest BCUT2D eigenvalue weighted by Crippen LogP contribution is 2.65. The number of likely N-dealkylation sites (tertiary alicyclic amines) is 1. The van der Waals surface area contributed by atoms with Crippen molar-refractivity contribution in [2.75, 3.05) is 6.54 Å². The second-order valence-electron chi connectivity index (χ2n) is 11.0. The first kappa shape index (κ1) is 21.9. The summed E-state index contributed by atoms with van der Waals surface area (Å²) in [5, 5.41) is 12.7. The number of carboxylic acids is 1. The second-order valence-corrected chi connectivity index (χ2v) is 11.0. The summed E-state index contributed by atoms with van der Waals surface area (Å²) in [7, 11) is 0. The van der Waals surface area contributed by atoms with Crippen LogP contribution in [0.25, 0.3) is 0 Å². The van der Waals surface area contributed by atoms with E-state index in [0.717, 1.165) is 32.1 Å². The molecule has 0 aromatic rings. The van der Waals surface area contributed by atoms with Gasteiger partial charge in [-0.25, -0.2) is 9.59 Å². The molecule has 0 unspecified atom stereocenters. The number of alkyl carbamates (subject to hydrolysis) is 1. The average molecular weight is 409 g/mol. The molecule has 29 heavy (non-hydrogen) atoms. The number of piperidine rings is 1. The summed E-state index contributed by atoms with van der Waals surface area (Å²) in [5.41, 5.74) is -1.13. The largest absolute Gasteiger partial charge is 0.480 e. The molecule has 1 heterocycles. The molecule has 2 amide bonds. The Morgan fingerprint density at radius 3 is 2.21 bits per heavy atom. The molecule has 164 valence electrons. The maximum Gasteiger partial charge on any atom is 0.408 e. The summed E-state index contributed by atoms with van der Waals surface area (Å²) in [4.78, 5) is 39.7. The van der Waals surface area contributed by atoms with Gasteiger partial charge in [-0.05, 0) is 50.4 Å². The van der Waals surface area contributed by atoms with Crippen LogP contribution in [0.3, 0.4) is 0 Å². The third kappa shape index (κ3) is 4.10. The van der Waals surface area contributed by atoms with Gasteiger partial charge in [-0.15, -0.1) is 0 Å². The maximum absolute atomic E-state index is 13.6. The summed E-state index contributed by atoms with van der Waals surface area (Å²) < 4.78 is 5.42. The lowest BCUT2D eigenvalue weighted by Crippen LogP contribution is -2.60. The van der Waals surface area contributed by atoms with Crippen LogP contribution >= 0.6 is 0 Å². The van der Waals surface area contributed by atoms with Crippen molar-refractivity contribution >= 4 is 18.0 Å². The molecule has 0 spiro atoms. The lowest BCUT2D eigenvalue weighted by atomic mass is 9.70. The Hall–Kier alpha value is -1.79. The van der Waals surface area contributed by atoms with E-state index in [9.17, 15) is 19.5 Å². The van der Waals surface area contributed by atoms with Gasteiger partial charge in [0.05, 0.1) is 0 Å². The first-order valence-corrected chi connectivity index (χ1v) is 10.8. The van der Waals surface area contributed by atoms with Gasteiger partial charge in [-0.3, -0.25) is 4.79 Å². The minimum atomic E-state index is -0.957. The normalized spacial score (nSPS) is 30.8. The highest BCUT2D eigenvalue weighted by molar-refractivity contribution is 5.91. The molecule has 7 nitrogen and oxygen atoms in total. The van der Waals surface area contributed by atoms with E-state index in [1.807, 2.05) is 6.92 Å². The highest BCUT2D eigenvalue weighted by Gasteiger charge is 2.70. The van der Waals surface area contributed by atoms with E-state index in [2.05, 4.69) is 19.2 Å². The van der Waals surface area contributed by atoms with Crippen molar-refractivity contribution < 1.29 is 24.2 Å². The van der Waals surface area contributed by atoms with Gasteiger partial charge in [0, 0.05) is 12.5 Å². The van der Waals surface area contributed by atoms with E-state index in [-0.39, 0.29) is 23.2 Å². The quantitative estimate of drug-likeness (QED) is 0.743. The Morgan fingerprint density at radius 1 is 1.10 bits per heavy atom. The molecule has 0 aromatic carbocycles. The van der Waals surface area contributed by atoms with Crippen molar-refractivity contribution in [2.24, 2.45) is 22.7 Å². The molecular formula is C22H36N2O5. The smallest absolute Gasteiger partial charge is 0.408 e. The zero-order valence-corrected chi connectivity index (χ0v) is 18.6. The van der Waals surface area contributed by atoms with Gasteiger partial charge in [0.2, 0.25) is 5.91 Å². The van der Waals surface area contributed by atoms with Crippen LogP contribution in [0.5, 0.6) is 0 Å². The van der Waals surface area contributed by atoms with Gasteiger partial charge < -0.3 is 20.1 Å². The minimum Gasteiger partial charge on any atom is -0.480 e. The Bertz CT molecular complexity index is 690. The number of nitrogens with zero attached hydrogens (tertiary/aromatic N) is 1. The van der Waals surface area contributed by atoms with Crippen LogP contribution < -0.4 is 5.32 Å². The Morgan fingerprint density at radius 2 is 1.69 bits per heavy atom. The molecule has 0 bridgehead atoms. The number of carboxylic acid groups (broad SMARTS) is 1. The van der Waals surface area contributed by atoms with Crippen LogP contribution in [0.4, 0.5) is 4.79 Å². The molecule has 3 fully saturated rings. The van der Waals surface area contributed by atoms with Crippen LogP contribution in [0.15, 0.2) is 0 Å². The van der Waals surface area contributed by atoms with Crippen LogP contribution in [-0.4, -0.2) is 52.2 Å². The van der Waals surface area contributed by atoms with Gasteiger partial charge in [0.1, 0.15) is 17.7 Å². The molecule has 3 rings (SSSR count). The number of ether oxygens (including phenoxy) is 1. The Labute approximate surface area is 173 Å². The molecule has 2 aliphatic carbocycles. The highest BCUT2D eigenvalue weighted by atomic mass is 16.6. The molecule has 1 aliphatic heterocycles. The Balaban J connectivity index is 1.84. The van der Waals surface area contributed by atoms with Crippen LogP contribution in [0, 0.1) is 22.7 Å². The number of rotatable bonds is 4. The van der Waals surface area contributed by atoms with Gasteiger partial charge in [0.15, 0.2) is 0 Å². The molecule has 3 aliphatic rings. The monoisotopic (exact) mass is 408 g/mol. The molecule has 1 saturated heterocycles. The predicted molar refractivity (Wildman–Crippen MR) is 108 cm³/mol. The van der Waals surface area contributed by atoms with E-state index in [1.54, 1.807) is 20.8 Å². The van der Waals surface area contributed by atoms with Gasteiger partial charge in [0.25, 0.3) is 0 Å². The summed E-state index contributed by atoms with van der Waals surface area (Å²) in [6, 6.07) is -1.60. The third-order valence-electron chi connectivity index (χ3n) is 7.35. The molecule has 0 aromatic heterocycles. The van der Waals surface area contributed by atoms with E-state index < -0.39 is 35.2 Å². The van der Waals surface area contributed by atoms with E-state index >= 15 is 0 Å². The molecule has 2 N–H and O–H groups in total. The van der Waals surface area contributed by atoms with Gasteiger partial charge in [-0.1, -0.05) is 40.0 Å². The van der Waals surface area contributed by atoms with Crippen LogP contribution in [-0.2, 0) is 14.3 Å². The topological polar surface area (TPSA) is 95.9 Å². The van der Waals surface area contributed by atoms with Crippen molar-refractivity contribution in [2.45, 2.75) is 91.3 Å². The molecule has 2 saturated carbocycles. The summed E-state index contributed by atoms with van der Waals surface area (Å²) in [6.45, 7) is 11.9. The third-order valence-corrected chi connectivity index (χ3v) is 7.35. The Kier molecular flexibility index (Phi) is 5.41. The van der Waals surface area contributed by atoms with Crippen molar-refractivity contribution in [3.63, 3.8) is 0 Å². The van der Waals surface area contributed by atoms with E-state index in [4.69, 9.17) is 4.74 Å². The summed E-state index contributed by atoms with van der Waals surface area (Å²) in [5.74, 6) is -1.06. The fraction of sp³-hybridized carbons (Fsp3) is 0.864. The molecule has 7 heteroatoms. The average Bonchev–Trinajstić information content (AvgIpc) is 2.94. The minimum absolute atomic E-state index is 0.0229. The fourth-order valence-corrected chi connectivity index (χ4v) is 5.57. The van der Waals surface area contributed by atoms with Gasteiger partial charge >= 0.3 is 12.1 Å². The zero-order valence-electron chi connectivity index (χ0n) is 18.6. The second kappa shape index (κ2) is 7.17. The number of carbonyl (C=O) groups excluding carboxylic acids is 2. The predicted octanol–water partition coefficient (Wildman–Crippen LogP) is 3.42. The van der Waals surface area contributed by atoms with E-state index in [1.165, 1.54) is 4.90 Å². The fourth-order valence-electron chi connectivity index (χ4n) is 5.57. The molecular weight excluding hydrogens is 372 g/mol. The maximum atomic E-state index is 13.6. The van der Waals surface area contributed by atoms with Crippen LogP contribution in [0.1, 0.15) is 73.6 Å². The number of amides is 2. The van der Waals surface area contributed by atoms with E-state index in [0.29, 0.717) is 6.54 Å². The van der Waals surface area contributed by atoms with Gasteiger partial charge in [-0.2, -0.15) is 0 Å². The summed E-state index contributed by atoms with van der Waals surface area (Å²) >= 11 is 0. The molecule has 4 atom stereocenters. The zero-order chi connectivity index (χ0) is 21.8. The number of hydrogen-bond acceptors (Lipinski definition) is 4. The van der Waals surface area contributed by atoms with Crippen molar-refractivity contribution in [3.8, 4) is 0 Å². The van der Waals surface area contributed by atoms with Crippen molar-refractivity contribution in [3.05, 3.63) is 0 Å². The SMILES string of the molecule is CC(C)(C)OC(=O)N[C@H](C(=O)N1C[C@H]2[C@@H]([C@H]1C(=O)O)C2(C)C)C1(C)CCCCC1. The van der Waals surface area contributed by atoms with Crippen molar-refractivity contribution in [1.29, 1.82) is 0 Å².